The van der Waals surface area contributed by atoms with Crippen LogP contribution in [0, 0.1) is 10.1 Å². The lowest BCUT2D eigenvalue weighted by Crippen LogP contribution is -2.04. The van der Waals surface area contributed by atoms with Crippen LogP contribution in [0.2, 0.25) is 10.3 Å². The van der Waals surface area contributed by atoms with Gasteiger partial charge in [-0.05, 0) is 0 Å². The first kappa shape index (κ1) is 10.2. The number of hydrogen-bond donors (Lipinski definition) is 1. The van der Waals surface area contributed by atoms with Crippen LogP contribution in [0.4, 0.5) is 5.69 Å². The number of nitro groups is 1. The zero-order valence-corrected chi connectivity index (χ0v) is 7.84. The van der Waals surface area contributed by atoms with E-state index in [1.807, 2.05) is 0 Å². The zero-order valence-electron chi connectivity index (χ0n) is 6.33. The Balaban J connectivity index is 3.38. The highest BCUT2D eigenvalue weighted by molar-refractivity contribution is 6.33. The van der Waals surface area contributed by atoms with E-state index in [0.717, 1.165) is 6.07 Å². The van der Waals surface area contributed by atoms with Crippen LogP contribution in [0.1, 0.15) is 5.56 Å². The third-order valence-corrected chi connectivity index (χ3v) is 1.93. The van der Waals surface area contributed by atoms with Crippen LogP contribution in [-0.4, -0.2) is 9.91 Å². The first-order valence-corrected chi connectivity index (χ1v) is 4.01. The summed E-state index contributed by atoms with van der Waals surface area (Å²) in [6.07, 6.45) is 0. The van der Waals surface area contributed by atoms with Crippen molar-refractivity contribution in [1.29, 1.82) is 0 Å². The maximum Gasteiger partial charge on any atom is 0.280 e. The molecule has 1 rings (SSSR count). The molecular formula is C6H5Cl2N3O2. The molecule has 13 heavy (non-hydrogen) atoms. The molecule has 1 aromatic rings. The summed E-state index contributed by atoms with van der Waals surface area (Å²) < 4.78 is 0. The van der Waals surface area contributed by atoms with E-state index in [4.69, 9.17) is 28.9 Å². The fraction of sp³-hybridized carbons (Fsp3) is 0.167. The lowest BCUT2D eigenvalue weighted by Gasteiger charge is -2.01. The number of nitrogens with zero attached hydrogens (tertiary/aromatic N) is 2. The van der Waals surface area contributed by atoms with E-state index in [-0.39, 0.29) is 28.1 Å². The monoisotopic (exact) mass is 221 g/mol. The fourth-order valence-electron chi connectivity index (χ4n) is 0.851. The summed E-state index contributed by atoms with van der Waals surface area (Å²) in [6.45, 7) is -0.0423. The second-order valence-corrected chi connectivity index (χ2v) is 2.94. The van der Waals surface area contributed by atoms with E-state index in [1.54, 1.807) is 0 Å². The van der Waals surface area contributed by atoms with E-state index < -0.39 is 4.92 Å². The van der Waals surface area contributed by atoms with Crippen molar-refractivity contribution in [3.05, 3.63) is 32.1 Å². The SMILES string of the molecule is NCc1c([N+](=O)[O-])cc(Cl)nc1Cl. The van der Waals surface area contributed by atoms with Crippen LogP contribution >= 0.6 is 23.2 Å². The summed E-state index contributed by atoms with van der Waals surface area (Å²) in [6, 6.07) is 1.12. The predicted molar refractivity (Wildman–Crippen MR) is 48.8 cm³/mol. The van der Waals surface area contributed by atoms with Gasteiger partial charge in [-0.25, -0.2) is 4.98 Å². The van der Waals surface area contributed by atoms with Crippen LogP contribution in [0.3, 0.4) is 0 Å². The topological polar surface area (TPSA) is 82.0 Å². The Kier molecular flexibility index (Phi) is 3.02. The van der Waals surface area contributed by atoms with Crippen molar-refractivity contribution < 1.29 is 4.92 Å². The minimum Gasteiger partial charge on any atom is -0.326 e. The van der Waals surface area contributed by atoms with Crippen molar-refractivity contribution in [2.75, 3.05) is 0 Å². The Morgan fingerprint density at radius 2 is 2.23 bits per heavy atom. The zero-order chi connectivity index (χ0) is 10.0. The average molecular weight is 222 g/mol. The first-order chi connectivity index (χ1) is 6.06. The molecule has 0 aromatic carbocycles. The molecule has 0 fully saturated rings. The molecule has 5 nitrogen and oxygen atoms in total. The van der Waals surface area contributed by atoms with Gasteiger partial charge in [0.2, 0.25) is 0 Å². The maximum absolute atomic E-state index is 10.5. The number of aromatic nitrogens is 1. The quantitative estimate of drug-likeness (QED) is 0.469. The summed E-state index contributed by atoms with van der Waals surface area (Å²) in [5, 5.41) is 10.4. The lowest BCUT2D eigenvalue weighted by atomic mass is 10.2. The molecule has 1 heterocycles. The number of rotatable bonds is 2. The predicted octanol–water partition coefficient (Wildman–Crippen LogP) is 1.76. The van der Waals surface area contributed by atoms with Crippen molar-refractivity contribution in [2.24, 2.45) is 5.73 Å². The average Bonchev–Trinajstić information content (AvgIpc) is 2.02. The third kappa shape index (κ3) is 2.06. The smallest absolute Gasteiger partial charge is 0.280 e. The van der Waals surface area contributed by atoms with Gasteiger partial charge >= 0.3 is 0 Å². The fourth-order valence-corrected chi connectivity index (χ4v) is 1.35. The van der Waals surface area contributed by atoms with Crippen molar-refractivity contribution in [2.45, 2.75) is 6.54 Å². The van der Waals surface area contributed by atoms with Gasteiger partial charge in [-0.1, -0.05) is 23.2 Å². The molecule has 0 aliphatic rings. The third-order valence-electron chi connectivity index (χ3n) is 1.42. The molecule has 0 atom stereocenters. The van der Waals surface area contributed by atoms with E-state index in [2.05, 4.69) is 4.98 Å². The van der Waals surface area contributed by atoms with Crippen LogP contribution in [0.25, 0.3) is 0 Å². The molecule has 0 saturated carbocycles. The second kappa shape index (κ2) is 3.87. The van der Waals surface area contributed by atoms with Crippen LogP contribution in [-0.2, 0) is 6.54 Å². The van der Waals surface area contributed by atoms with Crippen LogP contribution < -0.4 is 5.73 Å². The number of hydrogen-bond acceptors (Lipinski definition) is 4. The van der Waals surface area contributed by atoms with Crippen molar-refractivity contribution in [1.82, 2.24) is 4.98 Å². The van der Waals surface area contributed by atoms with Gasteiger partial charge in [-0.3, -0.25) is 10.1 Å². The second-order valence-electron chi connectivity index (χ2n) is 2.19. The number of nitrogens with two attached hydrogens (primary N) is 1. The van der Waals surface area contributed by atoms with Gasteiger partial charge in [-0.2, -0.15) is 0 Å². The van der Waals surface area contributed by atoms with Gasteiger partial charge in [0.05, 0.1) is 16.6 Å². The summed E-state index contributed by atoms with van der Waals surface area (Å²) in [5.74, 6) is 0. The summed E-state index contributed by atoms with van der Waals surface area (Å²) in [5.41, 5.74) is 5.26. The summed E-state index contributed by atoms with van der Waals surface area (Å²) >= 11 is 11.1. The van der Waals surface area contributed by atoms with Crippen LogP contribution in [0.5, 0.6) is 0 Å². The van der Waals surface area contributed by atoms with Gasteiger partial charge in [0.1, 0.15) is 10.3 Å². The minimum absolute atomic E-state index is 0.0195. The van der Waals surface area contributed by atoms with Crippen molar-refractivity contribution in [3.63, 3.8) is 0 Å². The van der Waals surface area contributed by atoms with Gasteiger partial charge < -0.3 is 5.73 Å². The number of halogens is 2. The molecule has 70 valence electrons. The Morgan fingerprint density at radius 1 is 1.62 bits per heavy atom. The summed E-state index contributed by atoms with van der Waals surface area (Å²) in [7, 11) is 0. The van der Waals surface area contributed by atoms with Gasteiger partial charge in [0.15, 0.2) is 0 Å². The van der Waals surface area contributed by atoms with Crippen LogP contribution in [0.15, 0.2) is 6.07 Å². The molecular weight excluding hydrogens is 217 g/mol. The Bertz CT molecular complexity index is 356. The lowest BCUT2D eigenvalue weighted by molar-refractivity contribution is -0.385. The van der Waals surface area contributed by atoms with Gasteiger partial charge in [0, 0.05) is 6.54 Å². The minimum atomic E-state index is -0.596. The van der Waals surface area contributed by atoms with E-state index in [0.29, 0.717) is 0 Å². The Morgan fingerprint density at radius 3 is 2.69 bits per heavy atom. The highest BCUT2D eigenvalue weighted by atomic mass is 35.5. The van der Waals surface area contributed by atoms with Gasteiger partial charge in [-0.15, -0.1) is 0 Å². The van der Waals surface area contributed by atoms with Gasteiger partial charge in [0.25, 0.3) is 5.69 Å². The van der Waals surface area contributed by atoms with E-state index >= 15 is 0 Å². The molecule has 0 unspecified atom stereocenters. The molecule has 1 aromatic heterocycles. The van der Waals surface area contributed by atoms with Crippen molar-refractivity contribution >= 4 is 28.9 Å². The molecule has 0 amide bonds. The molecule has 0 radical (unpaired) electrons. The normalized spacial score (nSPS) is 10.1. The van der Waals surface area contributed by atoms with Crippen molar-refractivity contribution in [3.8, 4) is 0 Å². The standard InChI is InChI=1S/C6H5Cl2N3O2/c7-5-1-4(11(12)13)3(2-9)6(8)10-5/h1H,2,9H2. The Hall–Kier alpha value is -0.910. The molecule has 0 spiro atoms. The largest absolute Gasteiger partial charge is 0.326 e. The Labute approximate surface area is 83.6 Å². The molecule has 0 aliphatic carbocycles. The van der Waals surface area contributed by atoms with E-state index in [1.165, 1.54) is 0 Å². The molecule has 7 heteroatoms. The highest BCUT2D eigenvalue weighted by Gasteiger charge is 2.18. The maximum atomic E-state index is 10.5. The molecule has 0 saturated heterocycles. The highest BCUT2D eigenvalue weighted by Crippen LogP contribution is 2.27. The number of pyridine rings is 1. The molecule has 0 bridgehead atoms. The molecule has 2 N–H and O–H groups in total. The first-order valence-electron chi connectivity index (χ1n) is 3.25. The summed E-state index contributed by atoms with van der Waals surface area (Å²) in [4.78, 5) is 13.5. The molecule has 0 aliphatic heterocycles. The van der Waals surface area contributed by atoms with E-state index in [9.17, 15) is 10.1 Å².